The van der Waals surface area contributed by atoms with E-state index in [1.165, 1.54) is 0 Å². The summed E-state index contributed by atoms with van der Waals surface area (Å²) < 4.78 is 16.4. The molecule has 1 aromatic carbocycles. The Morgan fingerprint density at radius 1 is 1.28 bits per heavy atom. The van der Waals surface area contributed by atoms with E-state index in [1.54, 1.807) is 7.11 Å². The van der Waals surface area contributed by atoms with E-state index in [1.807, 2.05) is 19.1 Å². The molecule has 0 radical (unpaired) electrons. The smallest absolute Gasteiger partial charge is 0.237 e. The van der Waals surface area contributed by atoms with E-state index >= 15 is 0 Å². The summed E-state index contributed by atoms with van der Waals surface area (Å²) in [6, 6.07) is 6.00. The average Bonchev–Trinajstić information content (AvgIpc) is 2.66. The molecule has 0 aliphatic carbocycles. The van der Waals surface area contributed by atoms with Crippen molar-refractivity contribution in [2.24, 2.45) is 11.8 Å². The van der Waals surface area contributed by atoms with Crippen LogP contribution in [0.25, 0.3) is 0 Å². The highest BCUT2D eigenvalue weighted by Gasteiger charge is 2.24. The van der Waals surface area contributed by atoms with Gasteiger partial charge in [-0.05, 0) is 50.6 Å². The molecule has 0 unspecified atom stereocenters. The molecule has 1 aliphatic heterocycles. The number of nitrogens with one attached hydrogen (secondary N) is 1. The van der Waals surface area contributed by atoms with Gasteiger partial charge < -0.3 is 14.2 Å². The van der Waals surface area contributed by atoms with Crippen LogP contribution in [0.1, 0.15) is 25.3 Å². The number of carbonyl (C=O) groups excluding carboxylic acids is 1. The predicted molar refractivity (Wildman–Crippen MR) is 95.3 cm³/mol. The van der Waals surface area contributed by atoms with Gasteiger partial charge in [0.25, 0.3) is 0 Å². The normalized spacial score (nSPS) is 15.8. The number of nitrogens with two attached hydrogens (primary N) is 1. The molecular weight excluding hydrogens is 322 g/mol. The summed E-state index contributed by atoms with van der Waals surface area (Å²) in [6.07, 6.45) is 1.66. The first kappa shape index (κ1) is 19.5. The number of piperidine rings is 1. The topological polar surface area (TPSA) is 86.1 Å². The fourth-order valence-corrected chi connectivity index (χ4v) is 3.01. The summed E-state index contributed by atoms with van der Waals surface area (Å²) in [5.74, 6) is 6.63. The van der Waals surface area contributed by atoms with Gasteiger partial charge in [0.1, 0.15) is 6.61 Å². The van der Waals surface area contributed by atoms with Crippen LogP contribution in [0.4, 0.5) is 0 Å². The Balaban J connectivity index is 1.87. The second kappa shape index (κ2) is 10.2. The number of rotatable bonds is 9. The van der Waals surface area contributed by atoms with Crippen molar-refractivity contribution >= 4 is 5.91 Å². The van der Waals surface area contributed by atoms with Gasteiger partial charge in [-0.2, -0.15) is 0 Å². The maximum absolute atomic E-state index is 11.6. The van der Waals surface area contributed by atoms with Crippen molar-refractivity contribution in [3.63, 3.8) is 0 Å². The third kappa shape index (κ3) is 5.88. The van der Waals surface area contributed by atoms with Crippen molar-refractivity contribution in [1.82, 2.24) is 10.3 Å². The summed E-state index contributed by atoms with van der Waals surface area (Å²) in [7, 11) is 1.64. The lowest BCUT2D eigenvalue weighted by Crippen LogP contribution is -2.42. The van der Waals surface area contributed by atoms with Crippen LogP contribution in [0, 0.1) is 5.92 Å². The summed E-state index contributed by atoms with van der Waals surface area (Å²) >= 11 is 0. The van der Waals surface area contributed by atoms with Crippen LogP contribution < -0.4 is 20.7 Å². The SMILES string of the molecule is CCOCCOc1ccc(CN2CCC(C(=O)NN)CC2)cc1OC. The van der Waals surface area contributed by atoms with E-state index in [9.17, 15) is 4.79 Å². The van der Waals surface area contributed by atoms with E-state index in [4.69, 9.17) is 20.1 Å². The monoisotopic (exact) mass is 351 g/mol. The molecule has 1 fully saturated rings. The van der Waals surface area contributed by atoms with Crippen molar-refractivity contribution in [2.75, 3.05) is 40.0 Å². The minimum atomic E-state index is -0.0603. The van der Waals surface area contributed by atoms with E-state index < -0.39 is 0 Å². The number of hydrogen-bond donors (Lipinski definition) is 2. The third-order valence-electron chi connectivity index (χ3n) is 4.42. The molecule has 1 heterocycles. The molecule has 1 amide bonds. The zero-order valence-electron chi connectivity index (χ0n) is 15.1. The molecule has 1 aromatic rings. The van der Waals surface area contributed by atoms with E-state index in [0.717, 1.165) is 49.5 Å². The Kier molecular flexibility index (Phi) is 7.97. The van der Waals surface area contributed by atoms with Crippen molar-refractivity contribution in [3.8, 4) is 11.5 Å². The quantitative estimate of drug-likeness (QED) is 0.302. The second-order valence-corrected chi connectivity index (χ2v) is 6.09. The lowest BCUT2D eigenvalue weighted by molar-refractivity contribution is -0.126. The lowest BCUT2D eigenvalue weighted by Gasteiger charge is -2.31. The number of hydrazine groups is 1. The van der Waals surface area contributed by atoms with Crippen LogP contribution in [-0.2, 0) is 16.1 Å². The molecule has 25 heavy (non-hydrogen) atoms. The molecule has 0 aromatic heterocycles. The number of hydrogen-bond acceptors (Lipinski definition) is 6. The Morgan fingerprint density at radius 3 is 2.68 bits per heavy atom. The van der Waals surface area contributed by atoms with Gasteiger partial charge in [-0.25, -0.2) is 5.84 Å². The van der Waals surface area contributed by atoms with E-state index in [0.29, 0.717) is 19.8 Å². The summed E-state index contributed by atoms with van der Waals surface area (Å²) in [5, 5.41) is 0. The zero-order valence-corrected chi connectivity index (χ0v) is 15.1. The number of nitrogens with zero attached hydrogens (tertiary/aromatic N) is 1. The van der Waals surface area contributed by atoms with E-state index in [-0.39, 0.29) is 11.8 Å². The molecule has 1 aliphatic rings. The number of likely N-dealkylation sites (tertiary alicyclic amines) is 1. The predicted octanol–water partition coefficient (Wildman–Crippen LogP) is 1.31. The fraction of sp³-hybridized carbons (Fsp3) is 0.611. The molecule has 1 saturated heterocycles. The van der Waals surface area contributed by atoms with Crippen LogP contribution in [0.15, 0.2) is 18.2 Å². The Bertz CT molecular complexity index is 545. The highest BCUT2D eigenvalue weighted by Crippen LogP contribution is 2.29. The van der Waals surface area contributed by atoms with Gasteiger partial charge in [0.15, 0.2) is 11.5 Å². The number of ether oxygens (including phenoxy) is 3. The Labute approximate surface area is 149 Å². The molecule has 140 valence electrons. The first-order valence-corrected chi connectivity index (χ1v) is 8.78. The standard InChI is InChI=1S/C18H29N3O4/c1-3-24-10-11-25-16-5-4-14(12-17(16)23-2)13-21-8-6-15(7-9-21)18(22)20-19/h4-5,12,15H,3,6-11,13,19H2,1-2H3,(H,20,22). The van der Waals surface area contributed by atoms with Gasteiger partial charge >= 0.3 is 0 Å². The van der Waals surface area contributed by atoms with Crippen molar-refractivity contribution in [2.45, 2.75) is 26.3 Å². The molecule has 0 atom stereocenters. The van der Waals surface area contributed by atoms with Crippen molar-refractivity contribution in [1.29, 1.82) is 0 Å². The summed E-state index contributed by atoms with van der Waals surface area (Å²) in [6.45, 7) is 6.29. The van der Waals surface area contributed by atoms with Gasteiger partial charge in [-0.3, -0.25) is 15.1 Å². The maximum atomic E-state index is 11.6. The largest absolute Gasteiger partial charge is 0.493 e. The fourth-order valence-electron chi connectivity index (χ4n) is 3.01. The Hall–Kier alpha value is -1.83. The van der Waals surface area contributed by atoms with Crippen molar-refractivity contribution < 1.29 is 19.0 Å². The molecule has 7 nitrogen and oxygen atoms in total. The summed E-state index contributed by atoms with van der Waals surface area (Å²) in [5.41, 5.74) is 3.41. The van der Waals surface area contributed by atoms with Crippen molar-refractivity contribution in [3.05, 3.63) is 23.8 Å². The third-order valence-corrected chi connectivity index (χ3v) is 4.42. The number of amides is 1. The molecule has 0 spiro atoms. The number of carbonyl (C=O) groups is 1. The Morgan fingerprint density at radius 2 is 2.04 bits per heavy atom. The molecule has 7 heteroatoms. The van der Waals surface area contributed by atoms with Crippen LogP contribution in [0.3, 0.4) is 0 Å². The lowest BCUT2D eigenvalue weighted by atomic mass is 9.96. The van der Waals surface area contributed by atoms with Gasteiger partial charge in [-0.1, -0.05) is 6.07 Å². The van der Waals surface area contributed by atoms with Crippen LogP contribution >= 0.6 is 0 Å². The van der Waals surface area contributed by atoms with Gasteiger partial charge in [0, 0.05) is 19.1 Å². The molecule has 2 rings (SSSR count). The summed E-state index contributed by atoms with van der Waals surface area (Å²) in [4.78, 5) is 13.9. The van der Waals surface area contributed by atoms with Crippen LogP contribution in [-0.4, -0.2) is 50.8 Å². The number of methoxy groups -OCH3 is 1. The number of benzene rings is 1. The molecular formula is C18H29N3O4. The molecule has 0 bridgehead atoms. The van der Waals surface area contributed by atoms with Gasteiger partial charge in [0.05, 0.1) is 13.7 Å². The average molecular weight is 351 g/mol. The molecule has 3 N–H and O–H groups in total. The maximum Gasteiger partial charge on any atom is 0.237 e. The zero-order chi connectivity index (χ0) is 18.1. The highest BCUT2D eigenvalue weighted by atomic mass is 16.5. The van der Waals surface area contributed by atoms with Crippen LogP contribution in [0.5, 0.6) is 11.5 Å². The highest BCUT2D eigenvalue weighted by molar-refractivity contribution is 5.78. The second-order valence-electron chi connectivity index (χ2n) is 6.09. The van der Waals surface area contributed by atoms with Gasteiger partial charge in [0.2, 0.25) is 5.91 Å². The van der Waals surface area contributed by atoms with Crippen LogP contribution in [0.2, 0.25) is 0 Å². The molecule has 0 saturated carbocycles. The first-order chi connectivity index (χ1) is 12.2. The minimum Gasteiger partial charge on any atom is -0.493 e. The first-order valence-electron chi connectivity index (χ1n) is 8.78. The van der Waals surface area contributed by atoms with E-state index in [2.05, 4.69) is 16.4 Å². The van der Waals surface area contributed by atoms with Gasteiger partial charge in [-0.15, -0.1) is 0 Å². The minimum absolute atomic E-state index is 0.0249.